The molecule has 5 rings (SSSR count). The van der Waals surface area contributed by atoms with E-state index in [1.165, 1.54) is 0 Å². The summed E-state index contributed by atoms with van der Waals surface area (Å²) in [5.41, 5.74) is -1.14. The first-order valence-electron chi connectivity index (χ1n) is 12.5. The zero-order valence-electron chi connectivity index (χ0n) is 20.0. The SMILES string of the molecule is C[C@H]1CC([C@](C)(O)[C@@H]2[C@H]3C(=O)C[C@H]4[C@@H](CC=C5C=CCC(=O)[C@@]54C)[C@@H]3C[C@@H]2O)OC(=O)[C@@H]1C. The largest absolute Gasteiger partial charge is 0.459 e. The van der Waals surface area contributed by atoms with E-state index in [1.54, 1.807) is 6.92 Å². The molecule has 2 N–H and O–H groups in total. The van der Waals surface area contributed by atoms with Gasteiger partial charge in [-0.1, -0.05) is 32.1 Å². The van der Waals surface area contributed by atoms with Gasteiger partial charge in [0.25, 0.3) is 0 Å². The number of cyclic esters (lactones) is 1. The van der Waals surface area contributed by atoms with Crippen molar-refractivity contribution in [3.8, 4) is 0 Å². The number of aliphatic hydroxyl groups is 2. The molecule has 3 fully saturated rings. The van der Waals surface area contributed by atoms with Crippen LogP contribution in [0.5, 0.6) is 0 Å². The molecule has 2 saturated carbocycles. The number of ether oxygens (including phenoxy) is 1. The lowest BCUT2D eigenvalue weighted by atomic mass is 9.50. The van der Waals surface area contributed by atoms with Crippen LogP contribution >= 0.6 is 0 Å². The summed E-state index contributed by atoms with van der Waals surface area (Å²) in [6.45, 7) is 7.41. The highest BCUT2D eigenvalue weighted by molar-refractivity contribution is 5.93. The molecule has 6 heteroatoms. The van der Waals surface area contributed by atoms with Gasteiger partial charge >= 0.3 is 5.97 Å². The summed E-state index contributed by atoms with van der Waals surface area (Å²) < 4.78 is 5.64. The minimum atomic E-state index is -1.51. The second kappa shape index (κ2) is 7.61. The third kappa shape index (κ3) is 3.16. The summed E-state index contributed by atoms with van der Waals surface area (Å²) in [6, 6.07) is 0. The average Bonchev–Trinajstić information content (AvgIpc) is 3.11. The first kappa shape index (κ1) is 23.0. The zero-order valence-corrected chi connectivity index (χ0v) is 20.0. The van der Waals surface area contributed by atoms with E-state index in [1.807, 2.05) is 32.9 Å². The minimum Gasteiger partial charge on any atom is -0.459 e. The fraction of sp³-hybridized carbons (Fsp3) is 0.741. The van der Waals surface area contributed by atoms with Crippen molar-refractivity contribution in [2.75, 3.05) is 0 Å². The van der Waals surface area contributed by atoms with E-state index in [2.05, 4.69) is 6.08 Å². The number of allylic oxidation sites excluding steroid dienone is 4. The Hall–Kier alpha value is -1.79. The Morgan fingerprint density at radius 1 is 1.15 bits per heavy atom. The van der Waals surface area contributed by atoms with Crippen molar-refractivity contribution in [2.24, 2.45) is 46.8 Å². The smallest absolute Gasteiger partial charge is 0.309 e. The molecule has 5 aliphatic rings. The third-order valence-corrected chi connectivity index (χ3v) is 10.2. The van der Waals surface area contributed by atoms with Crippen molar-refractivity contribution in [2.45, 2.75) is 77.6 Å². The third-order valence-electron chi connectivity index (χ3n) is 10.2. The second-order valence-corrected chi connectivity index (χ2v) is 11.7. The van der Waals surface area contributed by atoms with E-state index in [-0.39, 0.29) is 53.5 Å². The van der Waals surface area contributed by atoms with Crippen LogP contribution in [0.4, 0.5) is 0 Å². The predicted octanol–water partition coefficient (Wildman–Crippen LogP) is 3.01. The highest BCUT2D eigenvalue weighted by atomic mass is 16.6. The van der Waals surface area contributed by atoms with Gasteiger partial charge < -0.3 is 14.9 Å². The Labute approximate surface area is 195 Å². The van der Waals surface area contributed by atoms with E-state index >= 15 is 0 Å². The molecular formula is C27H36O6. The van der Waals surface area contributed by atoms with Crippen molar-refractivity contribution in [1.29, 1.82) is 0 Å². The van der Waals surface area contributed by atoms with Gasteiger partial charge in [0.15, 0.2) is 0 Å². The molecule has 0 spiro atoms. The van der Waals surface area contributed by atoms with Gasteiger partial charge in [-0.05, 0) is 62.4 Å². The molecule has 1 heterocycles. The van der Waals surface area contributed by atoms with E-state index in [0.29, 0.717) is 19.3 Å². The van der Waals surface area contributed by atoms with Crippen LogP contribution in [0.2, 0.25) is 0 Å². The lowest BCUT2D eigenvalue weighted by Crippen LogP contribution is -2.58. The molecular weight excluding hydrogens is 420 g/mol. The van der Waals surface area contributed by atoms with Crippen LogP contribution in [0, 0.1) is 46.8 Å². The summed E-state index contributed by atoms with van der Waals surface area (Å²) >= 11 is 0. The number of carbonyl (C=O) groups is 3. The highest BCUT2D eigenvalue weighted by Gasteiger charge is 2.64. The summed E-state index contributed by atoms with van der Waals surface area (Å²) in [6.07, 6.45) is 6.86. The number of aliphatic hydroxyl groups excluding tert-OH is 1. The van der Waals surface area contributed by atoms with Gasteiger partial charge in [0.05, 0.1) is 17.4 Å². The van der Waals surface area contributed by atoms with Crippen molar-refractivity contribution >= 4 is 17.5 Å². The molecule has 1 unspecified atom stereocenters. The number of hydrogen-bond acceptors (Lipinski definition) is 6. The Morgan fingerprint density at radius 2 is 1.88 bits per heavy atom. The average molecular weight is 457 g/mol. The van der Waals surface area contributed by atoms with E-state index < -0.39 is 35.1 Å². The maximum absolute atomic E-state index is 13.6. The van der Waals surface area contributed by atoms with Crippen LogP contribution in [0.3, 0.4) is 0 Å². The van der Waals surface area contributed by atoms with Gasteiger partial charge in [-0.3, -0.25) is 14.4 Å². The van der Waals surface area contributed by atoms with Crippen LogP contribution in [0.15, 0.2) is 23.8 Å². The van der Waals surface area contributed by atoms with Crippen molar-refractivity contribution < 1.29 is 29.3 Å². The normalized spacial score (nSPS) is 48.8. The van der Waals surface area contributed by atoms with E-state index in [4.69, 9.17) is 4.74 Å². The van der Waals surface area contributed by atoms with Gasteiger partial charge in [0.1, 0.15) is 23.3 Å². The minimum absolute atomic E-state index is 0.0245. The quantitative estimate of drug-likeness (QED) is 0.620. The number of hydrogen-bond donors (Lipinski definition) is 2. The number of ketones is 2. The van der Waals surface area contributed by atoms with Gasteiger partial charge in [-0.15, -0.1) is 0 Å². The van der Waals surface area contributed by atoms with Crippen LogP contribution < -0.4 is 0 Å². The summed E-state index contributed by atoms with van der Waals surface area (Å²) in [4.78, 5) is 39.1. The lowest BCUT2D eigenvalue weighted by molar-refractivity contribution is -0.199. The topological polar surface area (TPSA) is 101 Å². The molecule has 0 aromatic rings. The molecule has 0 aromatic heterocycles. The molecule has 33 heavy (non-hydrogen) atoms. The first-order chi connectivity index (χ1) is 15.5. The van der Waals surface area contributed by atoms with E-state index in [0.717, 1.165) is 12.0 Å². The Morgan fingerprint density at radius 3 is 2.58 bits per heavy atom. The fourth-order valence-electron chi connectivity index (χ4n) is 7.93. The molecule has 0 bridgehead atoms. The van der Waals surface area contributed by atoms with E-state index in [9.17, 15) is 24.6 Å². The molecule has 0 radical (unpaired) electrons. The Kier molecular flexibility index (Phi) is 5.30. The maximum Gasteiger partial charge on any atom is 0.309 e. The number of esters is 1. The van der Waals surface area contributed by atoms with Gasteiger partial charge in [0.2, 0.25) is 0 Å². The molecule has 1 saturated heterocycles. The molecule has 180 valence electrons. The molecule has 11 atom stereocenters. The van der Waals surface area contributed by atoms with Crippen LogP contribution in [0.25, 0.3) is 0 Å². The number of carbonyl (C=O) groups excluding carboxylic acids is 3. The van der Waals surface area contributed by atoms with Crippen LogP contribution in [-0.2, 0) is 19.1 Å². The molecule has 6 nitrogen and oxygen atoms in total. The monoisotopic (exact) mass is 456 g/mol. The Balaban J connectivity index is 1.47. The standard InChI is InChI=1S/C27H36O6/c1-13-10-22(33-25(31)14(13)2)27(4,32)24-20(29)11-17-16-9-8-15-6-5-7-21(30)26(15,3)18(16)12-19(28)23(17)24/h5-6,8,13-14,16-18,20,22-24,29,32H,7,9-12H2,1-4H3/t13-,14+,16-,17-,18-,20-,22?,23+,24-,26-,27-/m0/s1. The Bertz CT molecular complexity index is 946. The lowest BCUT2D eigenvalue weighted by Gasteiger charge is -2.52. The zero-order chi connectivity index (χ0) is 23.9. The molecule has 1 aliphatic heterocycles. The highest BCUT2D eigenvalue weighted by Crippen LogP contribution is 2.61. The fourth-order valence-corrected chi connectivity index (χ4v) is 7.93. The summed E-state index contributed by atoms with van der Waals surface area (Å²) in [7, 11) is 0. The van der Waals surface area contributed by atoms with Crippen LogP contribution in [0.1, 0.15) is 59.8 Å². The first-order valence-corrected chi connectivity index (χ1v) is 12.5. The molecule has 0 aromatic carbocycles. The second-order valence-electron chi connectivity index (χ2n) is 11.7. The van der Waals surface area contributed by atoms with Crippen molar-refractivity contribution in [3.63, 3.8) is 0 Å². The predicted molar refractivity (Wildman–Crippen MR) is 121 cm³/mol. The van der Waals surface area contributed by atoms with Crippen molar-refractivity contribution in [1.82, 2.24) is 0 Å². The number of rotatable bonds is 2. The van der Waals surface area contributed by atoms with Crippen molar-refractivity contribution in [3.05, 3.63) is 23.8 Å². The molecule has 0 amide bonds. The maximum atomic E-state index is 13.6. The molecule has 4 aliphatic carbocycles. The van der Waals surface area contributed by atoms with Gasteiger partial charge in [0, 0.05) is 24.7 Å². The summed E-state index contributed by atoms with van der Waals surface area (Å²) in [5.74, 6) is -1.56. The van der Waals surface area contributed by atoms with Gasteiger partial charge in [-0.25, -0.2) is 0 Å². The number of Topliss-reactive ketones (excluding diaryl/α,β-unsaturated/α-hetero) is 2. The van der Waals surface area contributed by atoms with Crippen LogP contribution in [-0.4, -0.2) is 45.6 Å². The summed E-state index contributed by atoms with van der Waals surface area (Å²) in [5, 5.41) is 22.9. The number of fused-ring (bicyclic) bond motifs is 5. The van der Waals surface area contributed by atoms with Gasteiger partial charge in [-0.2, -0.15) is 0 Å².